The molecule has 3 N–H and O–H groups in total. The maximum absolute atomic E-state index is 9.28. The van der Waals surface area contributed by atoms with Gasteiger partial charge in [0.05, 0.1) is 12.3 Å². The SMILES string of the molecule is CC(=NOCCCc1ccccc1)c1ccc(CC[C@@](C)(N)CO)n1C. The van der Waals surface area contributed by atoms with E-state index in [2.05, 4.69) is 40.1 Å². The van der Waals surface area contributed by atoms with E-state index >= 15 is 0 Å². The predicted octanol–water partition coefficient (Wildman–Crippen LogP) is 3.04. The van der Waals surface area contributed by atoms with Crippen molar-refractivity contribution >= 4 is 5.71 Å². The molecule has 1 aromatic carbocycles. The molecule has 0 aliphatic rings. The van der Waals surface area contributed by atoms with Gasteiger partial charge in [0.25, 0.3) is 0 Å². The van der Waals surface area contributed by atoms with Gasteiger partial charge in [-0.05, 0) is 57.2 Å². The number of aryl methyl sites for hydroxylation is 2. The molecule has 0 aliphatic heterocycles. The number of hydrogen-bond donors (Lipinski definition) is 2. The standard InChI is InChI=1S/C21H31N3O2/c1-17(23-26-15-7-10-18-8-5-4-6-9-18)20-12-11-19(24(20)3)13-14-21(2,22)16-25/h4-6,8-9,11-12,25H,7,10,13-16,22H2,1-3H3/t21-/m1/s1. The van der Waals surface area contributed by atoms with Gasteiger partial charge in [-0.3, -0.25) is 0 Å². The Hall–Kier alpha value is -2.11. The molecule has 26 heavy (non-hydrogen) atoms. The summed E-state index contributed by atoms with van der Waals surface area (Å²) in [4.78, 5) is 5.49. The summed E-state index contributed by atoms with van der Waals surface area (Å²) in [6.45, 7) is 4.41. The van der Waals surface area contributed by atoms with E-state index in [4.69, 9.17) is 10.6 Å². The highest BCUT2D eigenvalue weighted by Gasteiger charge is 2.18. The minimum absolute atomic E-state index is 0.0123. The zero-order valence-electron chi connectivity index (χ0n) is 16.1. The molecule has 0 unspecified atom stereocenters. The van der Waals surface area contributed by atoms with Gasteiger partial charge < -0.3 is 20.2 Å². The fraction of sp³-hybridized carbons (Fsp3) is 0.476. The first-order chi connectivity index (χ1) is 12.4. The molecule has 1 heterocycles. The third-order valence-corrected chi connectivity index (χ3v) is 4.66. The largest absolute Gasteiger partial charge is 0.396 e. The van der Waals surface area contributed by atoms with Gasteiger partial charge in [0.15, 0.2) is 0 Å². The van der Waals surface area contributed by atoms with Crippen LogP contribution in [0.2, 0.25) is 0 Å². The van der Waals surface area contributed by atoms with Crippen LogP contribution in [0.25, 0.3) is 0 Å². The number of aliphatic hydroxyl groups excluding tert-OH is 1. The smallest absolute Gasteiger partial charge is 0.117 e. The van der Waals surface area contributed by atoms with E-state index in [1.54, 1.807) is 0 Å². The second-order valence-corrected chi connectivity index (χ2v) is 7.18. The molecule has 0 amide bonds. The van der Waals surface area contributed by atoms with E-state index in [0.717, 1.165) is 37.1 Å². The van der Waals surface area contributed by atoms with Crippen LogP contribution in [0.1, 0.15) is 43.6 Å². The van der Waals surface area contributed by atoms with Crippen LogP contribution in [0.5, 0.6) is 0 Å². The third-order valence-electron chi connectivity index (χ3n) is 4.66. The van der Waals surface area contributed by atoms with Crippen molar-refractivity contribution in [2.75, 3.05) is 13.2 Å². The second-order valence-electron chi connectivity index (χ2n) is 7.18. The van der Waals surface area contributed by atoms with Crippen molar-refractivity contribution in [1.82, 2.24) is 4.57 Å². The molecule has 1 aromatic heterocycles. The number of aliphatic hydroxyl groups is 1. The van der Waals surface area contributed by atoms with E-state index in [1.807, 2.05) is 33.0 Å². The summed E-state index contributed by atoms with van der Waals surface area (Å²) in [7, 11) is 2.02. The fourth-order valence-corrected chi connectivity index (χ4v) is 2.84. The average molecular weight is 357 g/mol. The molecule has 5 nitrogen and oxygen atoms in total. The molecule has 0 saturated carbocycles. The monoisotopic (exact) mass is 357 g/mol. The Labute approximate surface area is 156 Å². The highest BCUT2D eigenvalue weighted by atomic mass is 16.6. The van der Waals surface area contributed by atoms with Crippen LogP contribution in [-0.4, -0.2) is 34.1 Å². The molecule has 142 valence electrons. The summed E-state index contributed by atoms with van der Waals surface area (Å²) in [6.07, 6.45) is 3.48. The zero-order chi connectivity index (χ0) is 19.0. The summed E-state index contributed by atoms with van der Waals surface area (Å²) in [5.74, 6) is 0. The number of oxime groups is 1. The molecular formula is C21H31N3O2. The number of nitrogens with two attached hydrogens (primary N) is 1. The number of aromatic nitrogens is 1. The number of nitrogens with zero attached hydrogens (tertiary/aromatic N) is 2. The van der Waals surface area contributed by atoms with Crippen LogP contribution in [0, 0.1) is 0 Å². The minimum atomic E-state index is -0.546. The molecule has 0 spiro atoms. The number of hydrogen-bond acceptors (Lipinski definition) is 4. The van der Waals surface area contributed by atoms with Crippen molar-refractivity contribution in [1.29, 1.82) is 0 Å². The van der Waals surface area contributed by atoms with Gasteiger partial charge in [-0.25, -0.2) is 0 Å². The summed E-state index contributed by atoms with van der Waals surface area (Å²) < 4.78 is 2.11. The second kappa shape index (κ2) is 9.55. The Morgan fingerprint density at radius 1 is 1.19 bits per heavy atom. The molecule has 2 aromatic rings. The molecule has 0 saturated heterocycles. The van der Waals surface area contributed by atoms with Crippen molar-refractivity contribution in [2.24, 2.45) is 17.9 Å². The van der Waals surface area contributed by atoms with Crippen molar-refractivity contribution in [3.05, 3.63) is 59.4 Å². The summed E-state index contributed by atoms with van der Waals surface area (Å²) >= 11 is 0. The van der Waals surface area contributed by atoms with Crippen LogP contribution < -0.4 is 5.73 Å². The van der Waals surface area contributed by atoms with Crippen molar-refractivity contribution in [3.8, 4) is 0 Å². The molecule has 1 atom stereocenters. The molecule has 2 rings (SSSR count). The van der Waals surface area contributed by atoms with Crippen LogP contribution in [0.3, 0.4) is 0 Å². The summed E-state index contributed by atoms with van der Waals surface area (Å²) in [6, 6.07) is 14.5. The lowest BCUT2D eigenvalue weighted by Gasteiger charge is -2.21. The lowest BCUT2D eigenvalue weighted by atomic mass is 9.97. The Morgan fingerprint density at radius 3 is 2.62 bits per heavy atom. The Balaban J connectivity index is 1.83. The average Bonchev–Trinajstić information content (AvgIpc) is 3.01. The van der Waals surface area contributed by atoms with Gasteiger partial charge in [0, 0.05) is 18.3 Å². The van der Waals surface area contributed by atoms with Gasteiger partial charge in [-0.2, -0.15) is 0 Å². The Bertz CT molecular complexity index is 705. The van der Waals surface area contributed by atoms with Crippen LogP contribution in [0.4, 0.5) is 0 Å². The third kappa shape index (κ3) is 6.00. The normalized spacial score (nSPS) is 14.3. The molecule has 0 fully saturated rings. The topological polar surface area (TPSA) is 72.8 Å². The molecule has 0 aliphatic carbocycles. The van der Waals surface area contributed by atoms with Crippen LogP contribution in [0.15, 0.2) is 47.6 Å². The first-order valence-corrected chi connectivity index (χ1v) is 9.18. The number of rotatable bonds is 10. The first-order valence-electron chi connectivity index (χ1n) is 9.18. The van der Waals surface area contributed by atoms with E-state index in [0.29, 0.717) is 6.61 Å². The molecule has 5 heteroatoms. The van der Waals surface area contributed by atoms with E-state index in [-0.39, 0.29) is 6.61 Å². The molecular weight excluding hydrogens is 326 g/mol. The van der Waals surface area contributed by atoms with Gasteiger partial charge in [0.1, 0.15) is 12.3 Å². The van der Waals surface area contributed by atoms with Gasteiger partial charge in [-0.1, -0.05) is 35.5 Å². The molecule has 0 bridgehead atoms. The van der Waals surface area contributed by atoms with Crippen molar-refractivity contribution in [3.63, 3.8) is 0 Å². The maximum atomic E-state index is 9.28. The van der Waals surface area contributed by atoms with Gasteiger partial charge >= 0.3 is 0 Å². The van der Waals surface area contributed by atoms with E-state index in [9.17, 15) is 5.11 Å². The van der Waals surface area contributed by atoms with Crippen molar-refractivity contribution < 1.29 is 9.94 Å². The predicted molar refractivity (Wildman–Crippen MR) is 106 cm³/mol. The lowest BCUT2D eigenvalue weighted by Crippen LogP contribution is -2.40. The summed E-state index contributed by atoms with van der Waals surface area (Å²) in [5, 5.41) is 13.5. The van der Waals surface area contributed by atoms with E-state index < -0.39 is 5.54 Å². The number of benzene rings is 1. The zero-order valence-corrected chi connectivity index (χ0v) is 16.1. The quantitative estimate of drug-likeness (QED) is 0.390. The first kappa shape index (κ1) is 20.2. The Kier molecular flexibility index (Phi) is 7.42. The lowest BCUT2D eigenvalue weighted by molar-refractivity contribution is 0.142. The van der Waals surface area contributed by atoms with Crippen molar-refractivity contribution in [2.45, 2.75) is 45.1 Å². The van der Waals surface area contributed by atoms with Crippen LogP contribution in [-0.2, 0) is 24.7 Å². The highest BCUT2D eigenvalue weighted by Crippen LogP contribution is 2.15. The maximum Gasteiger partial charge on any atom is 0.117 e. The Morgan fingerprint density at radius 2 is 1.92 bits per heavy atom. The summed E-state index contributed by atoms with van der Waals surface area (Å²) in [5.41, 5.74) is 9.85. The van der Waals surface area contributed by atoms with Gasteiger partial charge in [0.2, 0.25) is 0 Å². The highest BCUT2D eigenvalue weighted by molar-refractivity contribution is 5.97. The van der Waals surface area contributed by atoms with E-state index in [1.165, 1.54) is 11.3 Å². The van der Waals surface area contributed by atoms with Crippen LogP contribution >= 0.6 is 0 Å². The molecule has 0 radical (unpaired) electrons. The van der Waals surface area contributed by atoms with Gasteiger partial charge in [-0.15, -0.1) is 0 Å². The minimum Gasteiger partial charge on any atom is -0.396 e. The fourth-order valence-electron chi connectivity index (χ4n) is 2.84.